The molecule has 0 spiro atoms. The molecule has 7 heterocycles. The lowest BCUT2D eigenvalue weighted by atomic mass is 9.90. The molecule has 226 valence electrons. The fourth-order valence-electron chi connectivity index (χ4n) is 6.64. The minimum Gasteiger partial charge on any atom is -0.461 e. The fourth-order valence-corrected chi connectivity index (χ4v) is 6.64. The van der Waals surface area contributed by atoms with E-state index in [0.29, 0.717) is 35.1 Å². The molecule has 2 saturated heterocycles. The number of nitrogen functional groups attached to an aromatic ring is 1. The average molecular weight is 587 g/mol. The quantitative estimate of drug-likeness (QED) is 0.282. The highest BCUT2D eigenvalue weighted by Gasteiger charge is 2.34. The second-order valence-corrected chi connectivity index (χ2v) is 12.0. The van der Waals surface area contributed by atoms with Crippen LogP contribution in [0.15, 0.2) is 37.9 Å². The van der Waals surface area contributed by atoms with Crippen LogP contribution < -0.4 is 10.6 Å². The number of rotatable bonds is 8. The number of aromatic nitrogens is 6. The van der Waals surface area contributed by atoms with Gasteiger partial charge in [0.2, 0.25) is 11.8 Å². The van der Waals surface area contributed by atoms with Crippen molar-refractivity contribution in [3.63, 3.8) is 0 Å². The second-order valence-electron chi connectivity index (χ2n) is 12.0. The van der Waals surface area contributed by atoms with Gasteiger partial charge in [0.05, 0.1) is 17.7 Å². The van der Waals surface area contributed by atoms with Crippen LogP contribution in [0, 0.1) is 33.6 Å². The Labute approximate surface area is 249 Å². The zero-order chi connectivity index (χ0) is 29.7. The topological polar surface area (TPSA) is 144 Å². The SMILES string of the molecule is Cc1noc(C)c1CN(Cc1c(C)noc1C)CC1CCC2CN(c3cc4nc(-c5ccco5)nn4c(N)n3)CCN2C1. The highest BCUT2D eigenvalue weighted by atomic mass is 16.5. The number of fused-ring (bicyclic) bond motifs is 2. The molecule has 0 aliphatic carbocycles. The number of aryl methyl sites for hydroxylation is 4. The lowest BCUT2D eigenvalue weighted by Gasteiger charge is -2.47. The van der Waals surface area contributed by atoms with Gasteiger partial charge >= 0.3 is 0 Å². The Kier molecular flexibility index (Phi) is 7.14. The molecular weight excluding hydrogens is 548 g/mol. The van der Waals surface area contributed by atoms with Gasteiger partial charge in [-0.15, -0.1) is 5.10 Å². The van der Waals surface area contributed by atoms with E-state index in [-0.39, 0.29) is 0 Å². The summed E-state index contributed by atoms with van der Waals surface area (Å²) in [5.41, 5.74) is 11.2. The van der Waals surface area contributed by atoms with E-state index in [9.17, 15) is 0 Å². The molecule has 13 nitrogen and oxygen atoms in total. The lowest BCUT2D eigenvalue weighted by Crippen LogP contribution is -2.57. The van der Waals surface area contributed by atoms with Crippen molar-refractivity contribution in [3.05, 3.63) is 58.5 Å². The third-order valence-electron chi connectivity index (χ3n) is 9.05. The first-order valence-corrected chi connectivity index (χ1v) is 14.9. The summed E-state index contributed by atoms with van der Waals surface area (Å²) in [6.45, 7) is 14.4. The number of piperazine rings is 1. The molecule has 0 saturated carbocycles. The molecule has 2 N–H and O–H groups in total. The molecule has 5 aromatic heterocycles. The second kappa shape index (κ2) is 11.1. The van der Waals surface area contributed by atoms with Crippen molar-refractivity contribution >= 4 is 17.4 Å². The summed E-state index contributed by atoms with van der Waals surface area (Å²) in [4.78, 5) is 16.8. The molecule has 2 fully saturated rings. The molecule has 0 radical (unpaired) electrons. The minimum absolute atomic E-state index is 0.320. The molecule has 13 heteroatoms. The van der Waals surface area contributed by atoms with Crippen molar-refractivity contribution in [2.45, 2.75) is 59.7 Å². The van der Waals surface area contributed by atoms with Gasteiger partial charge in [-0.25, -0.2) is 4.98 Å². The van der Waals surface area contributed by atoms with Crippen LogP contribution >= 0.6 is 0 Å². The van der Waals surface area contributed by atoms with Crippen LogP contribution in [0.4, 0.5) is 11.8 Å². The Bertz CT molecular complexity index is 1630. The fraction of sp³-hybridized carbons (Fsp3) is 0.500. The molecule has 7 rings (SSSR count). The van der Waals surface area contributed by atoms with Crippen molar-refractivity contribution in [3.8, 4) is 11.6 Å². The van der Waals surface area contributed by atoms with E-state index in [0.717, 1.165) is 81.0 Å². The molecule has 43 heavy (non-hydrogen) atoms. The molecule has 2 atom stereocenters. The highest BCUT2D eigenvalue weighted by Crippen LogP contribution is 2.30. The number of piperidine rings is 1. The predicted molar refractivity (Wildman–Crippen MR) is 159 cm³/mol. The molecular formula is C30H38N10O3. The summed E-state index contributed by atoms with van der Waals surface area (Å²) in [6, 6.07) is 6.09. The van der Waals surface area contributed by atoms with Crippen molar-refractivity contribution in [1.82, 2.24) is 39.7 Å². The Morgan fingerprint density at radius 2 is 1.70 bits per heavy atom. The Morgan fingerprint density at radius 3 is 2.35 bits per heavy atom. The van der Waals surface area contributed by atoms with Gasteiger partial charge in [0, 0.05) is 69.0 Å². The van der Waals surface area contributed by atoms with Gasteiger partial charge in [0.1, 0.15) is 17.3 Å². The standard InChI is InChI=1S/C30H38N10O3/c1-18-24(20(3)42-35-18)16-37(17-25-19(2)36-43-21(25)4)13-22-7-8-23-15-39(10-9-38(23)14-22)27-12-28-32-29(26-6-5-11-41-26)34-40(28)30(31)33-27/h5-6,11-12,22-23H,7-10,13-17H2,1-4H3,(H2,31,33). The lowest BCUT2D eigenvalue weighted by molar-refractivity contribution is 0.0722. The van der Waals surface area contributed by atoms with E-state index in [2.05, 4.69) is 35.1 Å². The summed E-state index contributed by atoms with van der Waals surface area (Å²) < 4.78 is 18.0. The van der Waals surface area contributed by atoms with Gasteiger partial charge in [-0.2, -0.15) is 9.50 Å². The van der Waals surface area contributed by atoms with Gasteiger partial charge in [-0.3, -0.25) is 9.80 Å². The van der Waals surface area contributed by atoms with E-state index in [4.69, 9.17) is 24.2 Å². The van der Waals surface area contributed by atoms with Crippen LogP contribution in [-0.2, 0) is 13.1 Å². The molecule has 2 aliphatic heterocycles. The molecule has 2 unspecified atom stereocenters. The molecule has 0 aromatic carbocycles. The first-order chi connectivity index (χ1) is 20.8. The summed E-state index contributed by atoms with van der Waals surface area (Å²) in [6.07, 6.45) is 3.91. The van der Waals surface area contributed by atoms with Gasteiger partial charge < -0.3 is 24.1 Å². The molecule has 5 aromatic rings. The van der Waals surface area contributed by atoms with Crippen LogP contribution in [-0.4, -0.2) is 78.5 Å². The van der Waals surface area contributed by atoms with Gasteiger partial charge in [-0.1, -0.05) is 10.3 Å². The first kappa shape index (κ1) is 27.6. The smallest absolute Gasteiger partial charge is 0.225 e. The monoisotopic (exact) mass is 586 g/mol. The number of furan rings is 1. The summed E-state index contributed by atoms with van der Waals surface area (Å²) >= 11 is 0. The van der Waals surface area contributed by atoms with Crippen molar-refractivity contribution in [1.29, 1.82) is 0 Å². The zero-order valence-corrected chi connectivity index (χ0v) is 25.2. The van der Waals surface area contributed by atoms with E-state index in [1.54, 1.807) is 10.8 Å². The summed E-state index contributed by atoms with van der Waals surface area (Å²) in [5.74, 6) is 4.60. The maximum atomic E-state index is 6.32. The Morgan fingerprint density at radius 1 is 0.953 bits per heavy atom. The number of anilines is 2. The van der Waals surface area contributed by atoms with Gasteiger partial charge in [0.25, 0.3) is 0 Å². The summed E-state index contributed by atoms with van der Waals surface area (Å²) in [7, 11) is 0. The largest absolute Gasteiger partial charge is 0.461 e. The van der Waals surface area contributed by atoms with Crippen molar-refractivity contribution in [2.24, 2.45) is 5.92 Å². The first-order valence-electron chi connectivity index (χ1n) is 14.9. The molecule has 0 amide bonds. The van der Waals surface area contributed by atoms with Gasteiger partial charge in [0.15, 0.2) is 11.4 Å². The minimum atomic E-state index is 0.320. The molecule has 0 bridgehead atoms. The highest BCUT2D eigenvalue weighted by molar-refractivity contribution is 5.59. The number of hydrogen-bond acceptors (Lipinski definition) is 12. The van der Waals surface area contributed by atoms with Crippen molar-refractivity contribution in [2.75, 3.05) is 43.4 Å². The van der Waals surface area contributed by atoms with Crippen LogP contribution in [0.25, 0.3) is 17.2 Å². The zero-order valence-electron chi connectivity index (χ0n) is 25.2. The van der Waals surface area contributed by atoms with E-state index in [1.165, 1.54) is 17.5 Å². The van der Waals surface area contributed by atoms with E-state index >= 15 is 0 Å². The van der Waals surface area contributed by atoms with Crippen LogP contribution in [0.3, 0.4) is 0 Å². The summed E-state index contributed by atoms with van der Waals surface area (Å²) in [5, 5.41) is 12.9. The van der Waals surface area contributed by atoms with Crippen LogP contribution in [0.1, 0.15) is 46.9 Å². The maximum Gasteiger partial charge on any atom is 0.225 e. The third-order valence-corrected chi connectivity index (χ3v) is 9.05. The molecule has 2 aliphatic rings. The normalized spacial score (nSPS) is 19.5. The van der Waals surface area contributed by atoms with Gasteiger partial charge in [-0.05, 0) is 58.6 Å². The van der Waals surface area contributed by atoms with E-state index in [1.807, 2.05) is 45.9 Å². The predicted octanol–water partition coefficient (Wildman–Crippen LogP) is 3.78. The Hall–Kier alpha value is -4.23. The van der Waals surface area contributed by atoms with E-state index < -0.39 is 0 Å². The maximum absolute atomic E-state index is 6.32. The number of nitrogens with zero attached hydrogens (tertiary/aromatic N) is 9. The average Bonchev–Trinajstić information content (AvgIpc) is 3.80. The Balaban J connectivity index is 1.03. The number of nitrogens with two attached hydrogens (primary N) is 1. The third kappa shape index (κ3) is 5.38. The number of hydrogen-bond donors (Lipinski definition) is 1. The van der Waals surface area contributed by atoms with Crippen LogP contribution in [0.5, 0.6) is 0 Å². The van der Waals surface area contributed by atoms with Crippen LogP contribution in [0.2, 0.25) is 0 Å². The van der Waals surface area contributed by atoms with Crippen molar-refractivity contribution < 1.29 is 13.5 Å².